The highest BCUT2D eigenvalue weighted by molar-refractivity contribution is 6.39. The quantitative estimate of drug-likeness (QED) is 0.677. The minimum absolute atomic E-state index is 0.113. The van der Waals surface area contributed by atoms with Crippen LogP contribution in [-0.4, -0.2) is 24.8 Å². The molecular formula is C8H14N2O2. The summed E-state index contributed by atoms with van der Waals surface area (Å²) in [6, 6.07) is 0. The molecule has 4 nitrogen and oxygen atoms in total. The lowest BCUT2D eigenvalue weighted by Crippen LogP contribution is -2.27. The standard InChI is InChI=1S/C8H14N2O2/c1-3-4-6-5-7(10-12-6)8(11)9-2/h6H,3-5H2,1-2H3,(H,9,11). The van der Waals surface area contributed by atoms with Gasteiger partial charge in [-0.05, 0) is 6.42 Å². The van der Waals surface area contributed by atoms with Gasteiger partial charge in [-0.1, -0.05) is 18.5 Å². The Balaban J connectivity index is 2.38. The van der Waals surface area contributed by atoms with Crippen LogP contribution in [0.4, 0.5) is 0 Å². The molecule has 0 aromatic heterocycles. The minimum atomic E-state index is -0.131. The molecule has 0 aromatic carbocycles. The summed E-state index contributed by atoms with van der Waals surface area (Å²) in [4.78, 5) is 16.1. The number of carbonyl (C=O) groups is 1. The summed E-state index contributed by atoms with van der Waals surface area (Å²) < 4.78 is 0. The van der Waals surface area contributed by atoms with E-state index >= 15 is 0 Å². The van der Waals surface area contributed by atoms with Crippen molar-refractivity contribution in [2.75, 3.05) is 7.05 Å². The summed E-state index contributed by atoms with van der Waals surface area (Å²) in [7, 11) is 1.60. The number of amides is 1. The molecular weight excluding hydrogens is 156 g/mol. The van der Waals surface area contributed by atoms with Gasteiger partial charge in [-0.15, -0.1) is 0 Å². The van der Waals surface area contributed by atoms with Crippen molar-refractivity contribution in [1.29, 1.82) is 0 Å². The second-order valence-corrected chi connectivity index (χ2v) is 2.84. The van der Waals surface area contributed by atoms with Gasteiger partial charge in [0.25, 0.3) is 5.91 Å². The van der Waals surface area contributed by atoms with Gasteiger partial charge in [-0.3, -0.25) is 4.79 Å². The maximum atomic E-state index is 11.0. The van der Waals surface area contributed by atoms with Crippen molar-refractivity contribution in [3.8, 4) is 0 Å². The minimum Gasteiger partial charge on any atom is -0.392 e. The Morgan fingerprint density at radius 3 is 3.17 bits per heavy atom. The monoisotopic (exact) mass is 170 g/mol. The SMILES string of the molecule is CCCC1CC(C(=O)NC)=NO1. The predicted octanol–water partition coefficient (Wildman–Crippen LogP) is 0.677. The Morgan fingerprint density at radius 2 is 2.58 bits per heavy atom. The number of hydrogen-bond donors (Lipinski definition) is 1. The first-order chi connectivity index (χ1) is 5.77. The third-order valence-corrected chi connectivity index (χ3v) is 1.83. The predicted molar refractivity (Wildman–Crippen MR) is 45.9 cm³/mol. The molecule has 1 amide bonds. The highest BCUT2D eigenvalue weighted by Gasteiger charge is 2.24. The van der Waals surface area contributed by atoms with Crippen LogP contribution in [0.15, 0.2) is 5.16 Å². The van der Waals surface area contributed by atoms with E-state index in [-0.39, 0.29) is 12.0 Å². The molecule has 12 heavy (non-hydrogen) atoms. The van der Waals surface area contributed by atoms with Gasteiger partial charge in [0.2, 0.25) is 0 Å². The Morgan fingerprint density at radius 1 is 1.83 bits per heavy atom. The summed E-state index contributed by atoms with van der Waals surface area (Å²) in [5.41, 5.74) is 0.510. The second-order valence-electron chi connectivity index (χ2n) is 2.84. The van der Waals surface area contributed by atoms with E-state index in [4.69, 9.17) is 4.84 Å². The van der Waals surface area contributed by atoms with Crippen LogP contribution in [-0.2, 0) is 9.63 Å². The molecule has 0 spiro atoms. The molecule has 1 unspecified atom stereocenters. The van der Waals surface area contributed by atoms with Crippen LogP contribution >= 0.6 is 0 Å². The van der Waals surface area contributed by atoms with Crippen LogP contribution < -0.4 is 5.32 Å². The molecule has 4 heteroatoms. The molecule has 1 N–H and O–H groups in total. The fourth-order valence-electron chi connectivity index (χ4n) is 1.18. The number of hydrogen-bond acceptors (Lipinski definition) is 3. The van der Waals surface area contributed by atoms with E-state index in [1.807, 2.05) is 0 Å². The van der Waals surface area contributed by atoms with Gasteiger partial charge >= 0.3 is 0 Å². The van der Waals surface area contributed by atoms with Crippen molar-refractivity contribution < 1.29 is 9.63 Å². The summed E-state index contributed by atoms with van der Waals surface area (Å²) in [6.45, 7) is 2.08. The lowest BCUT2D eigenvalue weighted by Gasteiger charge is -2.03. The Hall–Kier alpha value is -1.06. The van der Waals surface area contributed by atoms with E-state index in [0.29, 0.717) is 12.1 Å². The average molecular weight is 170 g/mol. The Labute approximate surface area is 72.0 Å². The molecule has 0 saturated heterocycles. The van der Waals surface area contributed by atoms with Crippen LogP contribution in [0.2, 0.25) is 0 Å². The van der Waals surface area contributed by atoms with E-state index < -0.39 is 0 Å². The summed E-state index contributed by atoms with van der Waals surface area (Å²) in [5.74, 6) is -0.131. The molecule has 68 valence electrons. The lowest BCUT2D eigenvalue weighted by atomic mass is 10.1. The molecule has 0 fully saturated rings. The number of oxime groups is 1. The van der Waals surface area contributed by atoms with Crippen LogP contribution in [0.1, 0.15) is 26.2 Å². The second kappa shape index (κ2) is 4.09. The number of nitrogens with zero attached hydrogens (tertiary/aromatic N) is 1. The van der Waals surface area contributed by atoms with E-state index in [2.05, 4.69) is 17.4 Å². The maximum absolute atomic E-state index is 11.0. The maximum Gasteiger partial charge on any atom is 0.268 e. The van der Waals surface area contributed by atoms with Crippen molar-refractivity contribution in [2.45, 2.75) is 32.3 Å². The molecule has 1 atom stereocenters. The van der Waals surface area contributed by atoms with Gasteiger partial charge in [0, 0.05) is 13.5 Å². The molecule has 1 aliphatic heterocycles. The molecule has 0 radical (unpaired) electrons. The molecule has 0 bridgehead atoms. The number of nitrogens with one attached hydrogen (secondary N) is 1. The average Bonchev–Trinajstić information content (AvgIpc) is 2.52. The van der Waals surface area contributed by atoms with Gasteiger partial charge in [0.1, 0.15) is 11.8 Å². The molecule has 0 saturated carbocycles. The van der Waals surface area contributed by atoms with Gasteiger partial charge in [0.05, 0.1) is 0 Å². The van der Waals surface area contributed by atoms with Crippen molar-refractivity contribution in [1.82, 2.24) is 5.32 Å². The zero-order valence-electron chi connectivity index (χ0n) is 7.46. The highest BCUT2D eigenvalue weighted by atomic mass is 16.6. The lowest BCUT2D eigenvalue weighted by molar-refractivity contribution is -0.114. The third-order valence-electron chi connectivity index (χ3n) is 1.83. The highest BCUT2D eigenvalue weighted by Crippen LogP contribution is 2.14. The number of carbonyl (C=O) groups excluding carboxylic acids is 1. The van der Waals surface area contributed by atoms with Crippen molar-refractivity contribution in [3.63, 3.8) is 0 Å². The van der Waals surface area contributed by atoms with E-state index in [0.717, 1.165) is 12.8 Å². The number of rotatable bonds is 3. The van der Waals surface area contributed by atoms with Crippen LogP contribution in [0, 0.1) is 0 Å². The first kappa shape index (κ1) is 9.03. The largest absolute Gasteiger partial charge is 0.392 e. The van der Waals surface area contributed by atoms with Gasteiger partial charge in [-0.2, -0.15) is 0 Å². The topological polar surface area (TPSA) is 50.7 Å². The molecule has 1 rings (SSSR count). The first-order valence-corrected chi connectivity index (χ1v) is 4.22. The Kier molecular flexibility index (Phi) is 3.08. The third kappa shape index (κ3) is 1.96. The zero-order valence-corrected chi connectivity index (χ0v) is 7.46. The zero-order chi connectivity index (χ0) is 8.97. The van der Waals surface area contributed by atoms with E-state index in [9.17, 15) is 4.79 Å². The van der Waals surface area contributed by atoms with Crippen LogP contribution in [0.3, 0.4) is 0 Å². The van der Waals surface area contributed by atoms with Crippen molar-refractivity contribution in [3.05, 3.63) is 0 Å². The van der Waals surface area contributed by atoms with Gasteiger partial charge in [0.15, 0.2) is 0 Å². The van der Waals surface area contributed by atoms with Crippen molar-refractivity contribution in [2.24, 2.45) is 5.16 Å². The van der Waals surface area contributed by atoms with Gasteiger partial charge < -0.3 is 10.2 Å². The summed E-state index contributed by atoms with van der Waals surface area (Å²) in [5, 5.41) is 6.23. The molecule has 1 heterocycles. The van der Waals surface area contributed by atoms with E-state index in [1.54, 1.807) is 7.05 Å². The fourth-order valence-corrected chi connectivity index (χ4v) is 1.18. The smallest absolute Gasteiger partial charge is 0.268 e. The van der Waals surface area contributed by atoms with E-state index in [1.165, 1.54) is 0 Å². The van der Waals surface area contributed by atoms with Crippen LogP contribution in [0.5, 0.6) is 0 Å². The van der Waals surface area contributed by atoms with Gasteiger partial charge in [-0.25, -0.2) is 0 Å². The first-order valence-electron chi connectivity index (χ1n) is 4.22. The summed E-state index contributed by atoms with van der Waals surface area (Å²) in [6.07, 6.45) is 2.78. The molecule has 0 aliphatic carbocycles. The van der Waals surface area contributed by atoms with Crippen LogP contribution in [0.25, 0.3) is 0 Å². The Bertz CT molecular complexity index is 201. The normalized spacial score (nSPS) is 21.5. The van der Waals surface area contributed by atoms with Crippen molar-refractivity contribution >= 4 is 11.6 Å². The summed E-state index contributed by atoms with van der Waals surface area (Å²) >= 11 is 0. The molecule has 0 aromatic rings. The molecule has 1 aliphatic rings. The fraction of sp³-hybridized carbons (Fsp3) is 0.750.